The van der Waals surface area contributed by atoms with Gasteiger partial charge in [0.1, 0.15) is 11.6 Å². The van der Waals surface area contributed by atoms with Crippen LogP contribution < -0.4 is 5.32 Å². The Morgan fingerprint density at radius 2 is 1.45 bits per heavy atom. The van der Waals surface area contributed by atoms with Gasteiger partial charge < -0.3 is 5.32 Å². The van der Waals surface area contributed by atoms with Crippen molar-refractivity contribution >= 4 is 11.6 Å². The molecule has 0 saturated carbocycles. The van der Waals surface area contributed by atoms with Crippen molar-refractivity contribution in [1.29, 1.82) is 0 Å². The molecule has 0 aliphatic rings. The van der Waals surface area contributed by atoms with Crippen LogP contribution in [0.15, 0.2) is 30.3 Å². The first kappa shape index (κ1) is 14.8. The average Bonchev–Trinajstić information content (AvgIpc) is 2.38. The van der Waals surface area contributed by atoms with Crippen molar-refractivity contribution in [3.05, 3.63) is 69.8 Å². The molecule has 0 radical (unpaired) electrons. The first-order valence-corrected chi connectivity index (χ1v) is 6.08. The third-order valence-corrected chi connectivity index (χ3v) is 3.15. The molecule has 2 aromatic carbocycles. The Bertz CT molecular complexity index is 645. The van der Waals surface area contributed by atoms with Gasteiger partial charge in [-0.2, -0.15) is 0 Å². The maximum atomic E-state index is 13.9. The van der Waals surface area contributed by atoms with Gasteiger partial charge in [-0.25, -0.2) is 17.6 Å². The minimum atomic E-state index is -1.29. The Hall–Kier alpha value is -1.59. The van der Waals surface area contributed by atoms with E-state index in [9.17, 15) is 17.6 Å². The van der Waals surface area contributed by atoms with E-state index in [1.807, 2.05) is 0 Å². The van der Waals surface area contributed by atoms with Crippen molar-refractivity contribution in [3.63, 3.8) is 0 Å². The number of benzene rings is 2. The summed E-state index contributed by atoms with van der Waals surface area (Å²) in [5.74, 6) is -4.12. The summed E-state index contributed by atoms with van der Waals surface area (Å²) in [4.78, 5) is 0. The lowest BCUT2D eigenvalue weighted by Crippen LogP contribution is -2.20. The summed E-state index contributed by atoms with van der Waals surface area (Å²) in [6.45, 7) is 0. The first-order chi connectivity index (χ1) is 9.43. The summed E-state index contributed by atoms with van der Waals surface area (Å²) in [6.07, 6.45) is 0. The largest absolute Gasteiger partial charge is 0.309 e. The van der Waals surface area contributed by atoms with Crippen LogP contribution in [0, 0.1) is 23.3 Å². The highest BCUT2D eigenvalue weighted by atomic mass is 35.5. The Morgan fingerprint density at radius 1 is 0.850 bits per heavy atom. The fourth-order valence-electron chi connectivity index (χ4n) is 1.97. The molecule has 0 aliphatic heterocycles. The highest BCUT2D eigenvalue weighted by molar-refractivity contribution is 6.30. The van der Waals surface area contributed by atoms with Gasteiger partial charge in [0, 0.05) is 22.2 Å². The van der Waals surface area contributed by atoms with E-state index in [1.54, 1.807) is 0 Å². The molecule has 6 heteroatoms. The van der Waals surface area contributed by atoms with Crippen molar-refractivity contribution in [2.75, 3.05) is 7.05 Å². The Morgan fingerprint density at radius 3 is 2.05 bits per heavy atom. The average molecular weight is 304 g/mol. The van der Waals surface area contributed by atoms with Gasteiger partial charge in [0.25, 0.3) is 0 Å². The molecule has 0 aliphatic carbocycles. The first-order valence-electron chi connectivity index (χ1n) is 5.70. The second-order valence-corrected chi connectivity index (χ2v) is 4.61. The van der Waals surface area contributed by atoms with E-state index in [0.717, 1.165) is 6.07 Å². The summed E-state index contributed by atoms with van der Waals surface area (Å²) >= 11 is 5.64. The van der Waals surface area contributed by atoms with Gasteiger partial charge in [-0.1, -0.05) is 17.7 Å². The smallest absolute Gasteiger partial charge is 0.161 e. The number of nitrogens with one attached hydrogen (secondary N) is 1. The van der Waals surface area contributed by atoms with E-state index in [1.165, 1.54) is 19.2 Å². The van der Waals surface area contributed by atoms with Crippen molar-refractivity contribution < 1.29 is 17.6 Å². The molecule has 1 nitrogen and oxygen atoms in total. The van der Waals surface area contributed by atoms with Gasteiger partial charge in [-0.05, 0) is 25.2 Å². The lowest BCUT2D eigenvalue weighted by Gasteiger charge is -2.19. The molecule has 1 atom stereocenters. The highest BCUT2D eigenvalue weighted by Gasteiger charge is 2.22. The lowest BCUT2D eigenvalue weighted by atomic mass is 9.97. The number of hydrogen-bond acceptors (Lipinski definition) is 1. The van der Waals surface area contributed by atoms with Crippen LogP contribution in [0.3, 0.4) is 0 Å². The molecular weight excluding hydrogens is 294 g/mol. The predicted octanol–water partition coefficient (Wildman–Crippen LogP) is 4.21. The van der Waals surface area contributed by atoms with Crippen LogP contribution in [0.25, 0.3) is 0 Å². The molecule has 2 aromatic rings. The van der Waals surface area contributed by atoms with E-state index < -0.39 is 29.3 Å². The van der Waals surface area contributed by atoms with Crippen LogP contribution in [-0.4, -0.2) is 7.05 Å². The molecule has 20 heavy (non-hydrogen) atoms. The lowest BCUT2D eigenvalue weighted by molar-refractivity contribution is 0.481. The number of halogens is 5. The van der Waals surface area contributed by atoms with E-state index >= 15 is 0 Å². The third kappa shape index (κ3) is 2.78. The Balaban J connectivity index is 2.55. The van der Waals surface area contributed by atoms with Crippen LogP contribution in [0.2, 0.25) is 5.02 Å². The second-order valence-electron chi connectivity index (χ2n) is 4.18. The quantitative estimate of drug-likeness (QED) is 0.662. The standard InChI is InChI=1S/C14H10ClF4N/c1-20-14(8-3-2-7(15)4-10(8)16)9-5-12(18)13(19)6-11(9)17/h2-6,14,20H,1H3. The number of hydrogen-bond donors (Lipinski definition) is 1. The van der Waals surface area contributed by atoms with Gasteiger partial charge in [0.2, 0.25) is 0 Å². The molecule has 0 fully saturated rings. The molecule has 0 amide bonds. The number of rotatable bonds is 3. The van der Waals surface area contributed by atoms with Gasteiger partial charge in [0.05, 0.1) is 6.04 Å². The summed E-state index contributed by atoms with van der Waals surface area (Å²) in [5.41, 5.74) is -0.102. The second kappa shape index (κ2) is 5.81. The van der Waals surface area contributed by atoms with Gasteiger partial charge in [-0.15, -0.1) is 0 Å². The zero-order chi connectivity index (χ0) is 14.9. The fraction of sp³-hybridized carbons (Fsp3) is 0.143. The van der Waals surface area contributed by atoms with Crippen molar-refractivity contribution in [2.45, 2.75) is 6.04 Å². The molecule has 0 spiro atoms. The van der Waals surface area contributed by atoms with Crippen LogP contribution in [0.4, 0.5) is 17.6 Å². The Labute approximate surface area is 118 Å². The maximum Gasteiger partial charge on any atom is 0.161 e. The minimum Gasteiger partial charge on any atom is -0.309 e. The zero-order valence-corrected chi connectivity index (χ0v) is 11.1. The van der Waals surface area contributed by atoms with E-state index in [4.69, 9.17) is 11.6 Å². The van der Waals surface area contributed by atoms with E-state index in [-0.39, 0.29) is 16.1 Å². The van der Waals surface area contributed by atoms with E-state index in [2.05, 4.69) is 5.32 Å². The summed E-state index contributed by atoms with van der Waals surface area (Å²) in [6, 6.07) is 4.05. The molecule has 0 saturated heterocycles. The van der Waals surface area contributed by atoms with Crippen molar-refractivity contribution in [1.82, 2.24) is 5.32 Å². The summed E-state index contributed by atoms with van der Waals surface area (Å²) in [7, 11) is 1.46. The molecule has 106 valence electrons. The van der Waals surface area contributed by atoms with Crippen LogP contribution in [0.5, 0.6) is 0 Å². The topological polar surface area (TPSA) is 12.0 Å². The van der Waals surface area contributed by atoms with Crippen molar-refractivity contribution in [3.8, 4) is 0 Å². The zero-order valence-electron chi connectivity index (χ0n) is 10.4. The molecule has 1 unspecified atom stereocenters. The van der Waals surface area contributed by atoms with Crippen molar-refractivity contribution in [2.24, 2.45) is 0 Å². The Kier molecular flexibility index (Phi) is 4.30. The minimum absolute atomic E-state index is 0.0850. The van der Waals surface area contributed by atoms with E-state index in [0.29, 0.717) is 12.1 Å². The van der Waals surface area contributed by atoms with Crippen LogP contribution >= 0.6 is 11.6 Å². The normalized spacial score (nSPS) is 12.5. The van der Waals surface area contributed by atoms with Gasteiger partial charge >= 0.3 is 0 Å². The monoisotopic (exact) mass is 303 g/mol. The SMILES string of the molecule is CNC(c1ccc(Cl)cc1F)c1cc(F)c(F)cc1F. The maximum absolute atomic E-state index is 13.9. The molecule has 1 N–H and O–H groups in total. The summed E-state index contributed by atoms with van der Waals surface area (Å²) < 4.78 is 53.8. The molecule has 2 rings (SSSR count). The highest BCUT2D eigenvalue weighted by Crippen LogP contribution is 2.29. The van der Waals surface area contributed by atoms with Crippen LogP contribution in [0.1, 0.15) is 17.2 Å². The van der Waals surface area contributed by atoms with Gasteiger partial charge in [-0.3, -0.25) is 0 Å². The summed E-state index contributed by atoms with van der Waals surface area (Å²) in [5, 5.41) is 2.86. The third-order valence-electron chi connectivity index (χ3n) is 2.91. The van der Waals surface area contributed by atoms with Gasteiger partial charge in [0.15, 0.2) is 11.6 Å². The molecular formula is C14H10ClF4N. The molecule has 0 bridgehead atoms. The van der Waals surface area contributed by atoms with Crippen LogP contribution in [-0.2, 0) is 0 Å². The fourth-order valence-corrected chi connectivity index (χ4v) is 2.13. The molecule has 0 heterocycles. The predicted molar refractivity (Wildman–Crippen MR) is 68.6 cm³/mol. The molecule has 0 aromatic heterocycles.